The van der Waals surface area contributed by atoms with E-state index < -0.39 is 0 Å². The molecule has 0 aromatic heterocycles. The van der Waals surface area contributed by atoms with Gasteiger partial charge in [0.15, 0.2) is 0 Å². The van der Waals surface area contributed by atoms with Crippen molar-refractivity contribution in [2.75, 3.05) is 19.6 Å². The molecule has 2 atom stereocenters. The molecule has 3 aliphatic rings. The third-order valence-corrected chi connectivity index (χ3v) is 6.08. The number of hydrogen-bond acceptors (Lipinski definition) is 3. The van der Waals surface area contributed by atoms with E-state index in [1.54, 1.807) is 0 Å². The molecule has 3 rings (SSSR count). The first-order valence-corrected chi connectivity index (χ1v) is 7.09. The summed E-state index contributed by atoms with van der Waals surface area (Å²) in [5.74, 6) is 0.856. The number of hydrogen-bond donors (Lipinski definition) is 1. The first kappa shape index (κ1) is 11.2. The molecule has 0 saturated carbocycles. The zero-order chi connectivity index (χ0) is 10.2. The summed E-state index contributed by atoms with van der Waals surface area (Å²) in [5, 5.41) is 0.757. The summed E-state index contributed by atoms with van der Waals surface area (Å²) in [6, 6.07) is 0. The van der Waals surface area contributed by atoms with Crippen molar-refractivity contribution in [3.63, 3.8) is 0 Å². The molecule has 3 heteroatoms. The molecule has 2 unspecified atom stereocenters. The normalized spacial score (nSPS) is 43.9. The van der Waals surface area contributed by atoms with Gasteiger partial charge in [-0.3, -0.25) is 0 Å². The molecule has 3 fully saturated rings. The highest BCUT2D eigenvalue weighted by atomic mass is 32.2. The second kappa shape index (κ2) is 4.26. The minimum atomic E-state index is 0.256. The van der Waals surface area contributed by atoms with Crippen molar-refractivity contribution in [2.24, 2.45) is 5.92 Å². The Hall–Kier alpha value is 0.660. The smallest absolute Gasteiger partial charge is 0.0739 e. The molecule has 3 saturated heterocycles. The highest BCUT2D eigenvalue weighted by Crippen LogP contribution is 2.49. The summed E-state index contributed by atoms with van der Waals surface area (Å²) in [5.41, 5.74) is 0. The molecular formula is C11H21NS2. The number of nitrogens with zero attached hydrogens (tertiary/aromatic N) is 1. The van der Waals surface area contributed by atoms with Crippen LogP contribution in [0.3, 0.4) is 0 Å². The van der Waals surface area contributed by atoms with Gasteiger partial charge in [0.05, 0.1) is 4.08 Å². The second-order valence-electron chi connectivity index (χ2n) is 4.73. The third-order valence-electron chi connectivity index (χ3n) is 3.66. The van der Waals surface area contributed by atoms with Crippen LogP contribution in [0.5, 0.6) is 0 Å². The zero-order valence-corrected chi connectivity index (χ0v) is 10.9. The summed E-state index contributed by atoms with van der Waals surface area (Å²) in [4.78, 5) is 2.59. The van der Waals surface area contributed by atoms with Crippen molar-refractivity contribution in [3.05, 3.63) is 0 Å². The molecule has 0 radical (unpaired) electrons. The topological polar surface area (TPSA) is 3.24 Å². The van der Waals surface area contributed by atoms with E-state index in [1.807, 2.05) is 0 Å². The Morgan fingerprint density at radius 1 is 1.50 bits per heavy atom. The standard InChI is InChI=1S/C11H21NS2/c1-3-9(2)14-11(13)8-12-6-4-10(11)5-7-12/h9-10,13H,3-8H2,1-2H3. The maximum Gasteiger partial charge on any atom is 0.0739 e. The molecule has 82 valence electrons. The maximum absolute atomic E-state index is 4.97. The maximum atomic E-state index is 4.97. The Morgan fingerprint density at radius 2 is 2.14 bits per heavy atom. The molecule has 0 spiro atoms. The van der Waals surface area contributed by atoms with Crippen LogP contribution in [0.4, 0.5) is 0 Å². The Morgan fingerprint density at radius 3 is 2.57 bits per heavy atom. The lowest BCUT2D eigenvalue weighted by Crippen LogP contribution is -2.55. The van der Waals surface area contributed by atoms with Crippen LogP contribution in [0.15, 0.2) is 0 Å². The predicted octanol–water partition coefficient (Wildman–Crippen LogP) is 2.87. The van der Waals surface area contributed by atoms with Gasteiger partial charge in [0.2, 0.25) is 0 Å². The summed E-state index contributed by atoms with van der Waals surface area (Å²) < 4.78 is 0.256. The third kappa shape index (κ3) is 2.10. The largest absolute Gasteiger partial charge is 0.301 e. The number of rotatable bonds is 3. The van der Waals surface area contributed by atoms with Crippen LogP contribution in [-0.2, 0) is 0 Å². The van der Waals surface area contributed by atoms with Crippen molar-refractivity contribution in [3.8, 4) is 0 Å². The van der Waals surface area contributed by atoms with Crippen molar-refractivity contribution >= 4 is 24.4 Å². The van der Waals surface area contributed by atoms with Gasteiger partial charge in [-0.1, -0.05) is 13.8 Å². The van der Waals surface area contributed by atoms with Gasteiger partial charge < -0.3 is 4.90 Å². The van der Waals surface area contributed by atoms with Crippen LogP contribution in [0.1, 0.15) is 33.1 Å². The first-order valence-electron chi connectivity index (χ1n) is 5.76. The fourth-order valence-electron chi connectivity index (χ4n) is 2.56. The number of thiol groups is 1. The molecule has 0 amide bonds. The van der Waals surface area contributed by atoms with Crippen LogP contribution in [0.25, 0.3) is 0 Å². The number of fused-ring (bicyclic) bond motifs is 3. The van der Waals surface area contributed by atoms with E-state index in [4.69, 9.17) is 12.6 Å². The molecule has 14 heavy (non-hydrogen) atoms. The second-order valence-corrected chi connectivity index (χ2v) is 7.60. The van der Waals surface area contributed by atoms with E-state index in [0.29, 0.717) is 0 Å². The Labute approximate surface area is 97.4 Å². The molecule has 0 aromatic carbocycles. The van der Waals surface area contributed by atoms with Crippen LogP contribution in [-0.4, -0.2) is 33.9 Å². The van der Waals surface area contributed by atoms with Crippen molar-refractivity contribution < 1.29 is 0 Å². The SMILES string of the molecule is CCC(C)SC1(S)CN2CCC1CC2. The van der Waals surface area contributed by atoms with E-state index in [2.05, 4.69) is 30.5 Å². The molecule has 0 aliphatic carbocycles. The molecule has 0 aromatic rings. The van der Waals surface area contributed by atoms with Gasteiger partial charge in [-0.05, 0) is 38.3 Å². The first-order chi connectivity index (χ1) is 6.64. The van der Waals surface area contributed by atoms with E-state index >= 15 is 0 Å². The Balaban J connectivity index is 2.00. The average Bonchev–Trinajstić information content (AvgIpc) is 2.18. The van der Waals surface area contributed by atoms with Gasteiger partial charge in [0, 0.05) is 11.8 Å². The summed E-state index contributed by atoms with van der Waals surface area (Å²) in [6.45, 7) is 8.44. The minimum absolute atomic E-state index is 0.256. The number of piperidine rings is 3. The Bertz CT molecular complexity index is 201. The quantitative estimate of drug-likeness (QED) is 0.588. The fraction of sp³-hybridized carbons (Fsp3) is 1.00. The van der Waals surface area contributed by atoms with Gasteiger partial charge >= 0.3 is 0 Å². The van der Waals surface area contributed by atoms with E-state index in [0.717, 1.165) is 11.2 Å². The molecule has 3 heterocycles. The molecule has 3 aliphatic heterocycles. The van der Waals surface area contributed by atoms with Crippen molar-refractivity contribution in [1.82, 2.24) is 4.90 Å². The van der Waals surface area contributed by atoms with Crippen LogP contribution in [0, 0.1) is 5.92 Å². The number of thioether (sulfide) groups is 1. The van der Waals surface area contributed by atoms with Gasteiger partial charge in [-0.25, -0.2) is 0 Å². The molecule has 2 bridgehead atoms. The highest BCUT2D eigenvalue weighted by Gasteiger charge is 2.45. The Kier molecular flexibility index (Phi) is 3.40. The lowest BCUT2D eigenvalue weighted by Gasteiger charge is -2.51. The average molecular weight is 231 g/mol. The van der Waals surface area contributed by atoms with Crippen molar-refractivity contribution in [2.45, 2.75) is 42.4 Å². The fourth-order valence-corrected chi connectivity index (χ4v) is 5.10. The molecular weight excluding hydrogens is 210 g/mol. The van der Waals surface area contributed by atoms with Gasteiger partial charge in [0.1, 0.15) is 0 Å². The van der Waals surface area contributed by atoms with Crippen LogP contribution in [0.2, 0.25) is 0 Å². The summed E-state index contributed by atoms with van der Waals surface area (Å²) in [6.07, 6.45) is 4.00. The van der Waals surface area contributed by atoms with Gasteiger partial charge in [-0.15, -0.1) is 11.8 Å². The van der Waals surface area contributed by atoms with Crippen molar-refractivity contribution in [1.29, 1.82) is 0 Å². The van der Waals surface area contributed by atoms with E-state index in [9.17, 15) is 0 Å². The molecule has 0 N–H and O–H groups in total. The van der Waals surface area contributed by atoms with Crippen LogP contribution < -0.4 is 0 Å². The lowest BCUT2D eigenvalue weighted by atomic mass is 9.87. The summed E-state index contributed by atoms with van der Waals surface area (Å²) >= 11 is 7.08. The molecule has 1 nitrogen and oxygen atoms in total. The van der Waals surface area contributed by atoms with Crippen LogP contribution >= 0.6 is 24.4 Å². The predicted molar refractivity (Wildman–Crippen MR) is 68.2 cm³/mol. The van der Waals surface area contributed by atoms with E-state index in [1.165, 1.54) is 38.9 Å². The summed E-state index contributed by atoms with van der Waals surface area (Å²) in [7, 11) is 0. The minimum Gasteiger partial charge on any atom is -0.301 e. The lowest BCUT2D eigenvalue weighted by molar-refractivity contribution is 0.107. The highest BCUT2D eigenvalue weighted by molar-refractivity contribution is 8.12. The van der Waals surface area contributed by atoms with E-state index in [-0.39, 0.29) is 4.08 Å². The van der Waals surface area contributed by atoms with Gasteiger partial charge in [-0.2, -0.15) is 12.6 Å². The zero-order valence-electron chi connectivity index (χ0n) is 9.20. The monoisotopic (exact) mass is 231 g/mol. The van der Waals surface area contributed by atoms with Gasteiger partial charge in [0.25, 0.3) is 0 Å².